The minimum absolute atomic E-state index is 0.0369. The summed E-state index contributed by atoms with van der Waals surface area (Å²) in [7, 11) is 0. The Balaban J connectivity index is 1.92. The molecule has 1 amide bonds. The number of nitro groups is 1. The van der Waals surface area contributed by atoms with Crippen molar-refractivity contribution < 1.29 is 9.72 Å². The van der Waals surface area contributed by atoms with E-state index in [0.717, 1.165) is 24.0 Å². The van der Waals surface area contributed by atoms with Gasteiger partial charge in [-0.2, -0.15) is 0 Å². The molecule has 0 bridgehead atoms. The van der Waals surface area contributed by atoms with Crippen LogP contribution < -0.4 is 10.6 Å². The van der Waals surface area contributed by atoms with Crippen LogP contribution in [-0.4, -0.2) is 16.9 Å². The number of anilines is 1. The van der Waals surface area contributed by atoms with Crippen molar-refractivity contribution in [2.45, 2.75) is 45.7 Å². The molecule has 1 saturated carbocycles. The Hall–Kier alpha value is -2.89. The van der Waals surface area contributed by atoms with Crippen molar-refractivity contribution in [3.8, 4) is 0 Å². The predicted octanol–water partition coefficient (Wildman–Crippen LogP) is 4.28. The monoisotopic (exact) mass is 353 g/mol. The average Bonchev–Trinajstić information content (AvgIpc) is 3.38. The van der Waals surface area contributed by atoms with Crippen LogP contribution in [0.15, 0.2) is 36.4 Å². The maximum absolute atomic E-state index is 12.6. The van der Waals surface area contributed by atoms with E-state index < -0.39 is 4.92 Å². The number of carbonyl (C=O) groups excluding carboxylic acids is 1. The fraction of sp³-hybridized carbons (Fsp3) is 0.350. The number of amides is 1. The summed E-state index contributed by atoms with van der Waals surface area (Å²) >= 11 is 0. The molecule has 0 aliphatic heterocycles. The van der Waals surface area contributed by atoms with Gasteiger partial charge in [0.05, 0.1) is 10.5 Å². The van der Waals surface area contributed by atoms with Gasteiger partial charge in [-0.1, -0.05) is 18.2 Å². The van der Waals surface area contributed by atoms with E-state index in [9.17, 15) is 14.9 Å². The van der Waals surface area contributed by atoms with Crippen LogP contribution in [0, 0.1) is 24.0 Å². The molecule has 0 heterocycles. The minimum atomic E-state index is -0.480. The third-order valence-corrected chi connectivity index (χ3v) is 4.72. The third-order valence-electron chi connectivity index (χ3n) is 4.72. The third kappa shape index (κ3) is 3.85. The van der Waals surface area contributed by atoms with E-state index in [1.54, 1.807) is 6.07 Å². The average molecular weight is 353 g/mol. The summed E-state index contributed by atoms with van der Waals surface area (Å²) in [4.78, 5) is 23.2. The number of non-ortho nitro benzene ring substituents is 1. The molecule has 26 heavy (non-hydrogen) atoms. The van der Waals surface area contributed by atoms with Crippen molar-refractivity contribution in [1.29, 1.82) is 0 Å². The lowest BCUT2D eigenvalue weighted by molar-refractivity contribution is -0.384. The van der Waals surface area contributed by atoms with Crippen LogP contribution in [0.25, 0.3) is 0 Å². The quantitative estimate of drug-likeness (QED) is 0.600. The van der Waals surface area contributed by atoms with Crippen LogP contribution in [-0.2, 0) is 0 Å². The van der Waals surface area contributed by atoms with Gasteiger partial charge in [-0.3, -0.25) is 14.9 Å². The maximum atomic E-state index is 12.6. The molecule has 3 rings (SSSR count). The molecule has 0 aromatic heterocycles. The summed E-state index contributed by atoms with van der Waals surface area (Å²) in [5, 5.41) is 17.4. The van der Waals surface area contributed by atoms with Crippen molar-refractivity contribution in [2.75, 3.05) is 5.32 Å². The molecule has 0 radical (unpaired) electrons. The standard InChI is InChI=1S/C20H23N3O3/c1-12-5-4-6-13(2)19(12)14(3)21-18-10-9-16(23(25)26)11-17(18)20(24)22-15-7-8-15/h4-6,9-11,14-15,21H,7-8H2,1-3H3,(H,22,24). The van der Waals surface area contributed by atoms with Gasteiger partial charge in [-0.25, -0.2) is 0 Å². The Morgan fingerprint density at radius 3 is 2.42 bits per heavy atom. The van der Waals surface area contributed by atoms with E-state index in [2.05, 4.69) is 36.6 Å². The van der Waals surface area contributed by atoms with Crippen molar-refractivity contribution in [3.63, 3.8) is 0 Å². The molecule has 0 saturated heterocycles. The molecular weight excluding hydrogens is 330 g/mol. The SMILES string of the molecule is Cc1cccc(C)c1C(C)Nc1ccc([N+](=O)[O-])cc1C(=O)NC1CC1. The summed E-state index contributed by atoms with van der Waals surface area (Å²) in [6, 6.07) is 10.7. The summed E-state index contributed by atoms with van der Waals surface area (Å²) in [5.41, 5.74) is 4.32. The van der Waals surface area contributed by atoms with E-state index in [1.165, 1.54) is 17.7 Å². The van der Waals surface area contributed by atoms with Crippen LogP contribution in [0.5, 0.6) is 0 Å². The van der Waals surface area contributed by atoms with Gasteiger partial charge in [0.1, 0.15) is 0 Å². The van der Waals surface area contributed by atoms with Gasteiger partial charge in [-0.15, -0.1) is 0 Å². The lowest BCUT2D eigenvalue weighted by Gasteiger charge is -2.21. The largest absolute Gasteiger partial charge is 0.378 e. The van der Waals surface area contributed by atoms with Crippen molar-refractivity contribution in [1.82, 2.24) is 5.32 Å². The molecule has 1 atom stereocenters. The van der Waals surface area contributed by atoms with Crippen molar-refractivity contribution >= 4 is 17.3 Å². The topological polar surface area (TPSA) is 84.3 Å². The molecule has 1 fully saturated rings. The Bertz CT molecular complexity index is 839. The highest BCUT2D eigenvalue weighted by molar-refractivity contribution is 6.00. The predicted molar refractivity (Wildman–Crippen MR) is 102 cm³/mol. The summed E-state index contributed by atoms with van der Waals surface area (Å²) in [6.45, 7) is 6.13. The Morgan fingerprint density at radius 1 is 1.19 bits per heavy atom. The Morgan fingerprint density at radius 2 is 1.85 bits per heavy atom. The highest BCUT2D eigenvalue weighted by Gasteiger charge is 2.26. The zero-order chi connectivity index (χ0) is 18.8. The summed E-state index contributed by atoms with van der Waals surface area (Å²) in [5.74, 6) is -0.271. The molecule has 1 aliphatic rings. The highest BCUT2D eigenvalue weighted by Crippen LogP contribution is 2.30. The van der Waals surface area contributed by atoms with Crippen LogP contribution in [0.3, 0.4) is 0 Å². The number of benzene rings is 2. The van der Waals surface area contributed by atoms with Crippen LogP contribution in [0.2, 0.25) is 0 Å². The second-order valence-corrected chi connectivity index (χ2v) is 6.91. The van der Waals surface area contributed by atoms with Gasteiger partial charge in [0.15, 0.2) is 0 Å². The van der Waals surface area contributed by atoms with E-state index in [4.69, 9.17) is 0 Å². The first-order chi connectivity index (χ1) is 12.4. The zero-order valence-corrected chi connectivity index (χ0v) is 15.2. The molecule has 2 N–H and O–H groups in total. The fourth-order valence-corrected chi connectivity index (χ4v) is 3.27. The molecular formula is C20H23N3O3. The summed E-state index contributed by atoms with van der Waals surface area (Å²) in [6.07, 6.45) is 1.92. The number of nitrogens with zero attached hydrogens (tertiary/aromatic N) is 1. The molecule has 6 heteroatoms. The number of hydrogen-bond donors (Lipinski definition) is 2. The van der Waals surface area contributed by atoms with E-state index in [0.29, 0.717) is 11.3 Å². The molecule has 2 aromatic carbocycles. The number of nitro benzene ring substituents is 1. The van der Waals surface area contributed by atoms with E-state index in [1.807, 2.05) is 13.0 Å². The first-order valence-electron chi connectivity index (χ1n) is 8.78. The van der Waals surface area contributed by atoms with E-state index in [-0.39, 0.29) is 23.7 Å². The smallest absolute Gasteiger partial charge is 0.270 e. The van der Waals surface area contributed by atoms with Crippen LogP contribution in [0.4, 0.5) is 11.4 Å². The first-order valence-corrected chi connectivity index (χ1v) is 8.78. The lowest BCUT2D eigenvalue weighted by atomic mass is 9.96. The van der Waals surface area contributed by atoms with Gasteiger partial charge in [0, 0.05) is 29.9 Å². The molecule has 6 nitrogen and oxygen atoms in total. The molecule has 1 aliphatic carbocycles. The number of nitrogens with one attached hydrogen (secondary N) is 2. The zero-order valence-electron chi connectivity index (χ0n) is 15.2. The van der Waals surface area contributed by atoms with Crippen LogP contribution in [0.1, 0.15) is 52.9 Å². The fourth-order valence-electron chi connectivity index (χ4n) is 3.27. The molecule has 136 valence electrons. The van der Waals surface area contributed by atoms with Crippen LogP contribution >= 0.6 is 0 Å². The summed E-state index contributed by atoms with van der Waals surface area (Å²) < 4.78 is 0. The van der Waals surface area contributed by atoms with E-state index >= 15 is 0 Å². The number of rotatable bonds is 6. The second-order valence-electron chi connectivity index (χ2n) is 6.91. The van der Waals surface area contributed by atoms with Gasteiger partial charge in [-0.05, 0) is 56.4 Å². The number of hydrogen-bond acceptors (Lipinski definition) is 4. The van der Waals surface area contributed by atoms with Gasteiger partial charge >= 0.3 is 0 Å². The normalized spacial score (nSPS) is 14.6. The Labute approximate surface area is 152 Å². The molecule has 1 unspecified atom stereocenters. The first kappa shape index (κ1) is 17.9. The highest BCUT2D eigenvalue weighted by atomic mass is 16.6. The van der Waals surface area contributed by atoms with Crippen molar-refractivity contribution in [3.05, 3.63) is 68.8 Å². The minimum Gasteiger partial charge on any atom is -0.378 e. The molecule has 0 spiro atoms. The Kier molecular flexibility index (Phi) is 4.93. The molecule has 2 aromatic rings. The number of aryl methyl sites for hydroxylation is 2. The van der Waals surface area contributed by atoms with Gasteiger partial charge in [0.25, 0.3) is 11.6 Å². The number of carbonyl (C=O) groups is 1. The second kappa shape index (κ2) is 7.15. The van der Waals surface area contributed by atoms with Gasteiger partial charge < -0.3 is 10.6 Å². The maximum Gasteiger partial charge on any atom is 0.270 e. The lowest BCUT2D eigenvalue weighted by Crippen LogP contribution is -2.26. The van der Waals surface area contributed by atoms with Crippen molar-refractivity contribution in [2.24, 2.45) is 0 Å². The van der Waals surface area contributed by atoms with Gasteiger partial charge in [0.2, 0.25) is 0 Å².